The molecule has 3 rings (SSSR count). The molecule has 0 amide bonds. The summed E-state index contributed by atoms with van der Waals surface area (Å²) in [4.78, 5) is 11.1. The molecule has 28 heavy (non-hydrogen) atoms. The minimum absolute atomic E-state index is 0. The zero-order valence-electron chi connectivity index (χ0n) is 17.9. The second-order valence-corrected chi connectivity index (χ2v) is 9.32. The summed E-state index contributed by atoms with van der Waals surface area (Å²) in [6, 6.07) is 6.18. The van der Waals surface area contributed by atoms with Crippen LogP contribution in [0.3, 0.4) is 0 Å². The van der Waals surface area contributed by atoms with E-state index in [0.717, 1.165) is 12.5 Å². The summed E-state index contributed by atoms with van der Waals surface area (Å²) in [7, 11) is 4.16. The number of nitrogens with zero attached hydrogens (tertiary/aromatic N) is 3. The van der Waals surface area contributed by atoms with Gasteiger partial charge in [-0.2, -0.15) is 0 Å². The van der Waals surface area contributed by atoms with Crippen molar-refractivity contribution < 1.29 is 0 Å². The maximum absolute atomic E-state index is 4.50. The fraction of sp³-hybridized carbons (Fsp3) is 0.762. The van der Waals surface area contributed by atoms with E-state index in [2.05, 4.69) is 63.8 Å². The second-order valence-electron chi connectivity index (χ2n) is 8.34. The van der Waals surface area contributed by atoms with Gasteiger partial charge in [-0.25, -0.2) is 0 Å². The molecule has 5 nitrogen and oxygen atoms in total. The minimum Gasteiger partial charge on any atom is -0.356 e. The van der Waals surface area contributed by atoms with Crippen molar-refractivity contribution in [2.24, 2.45) is 10.9 Å². The van der Waals surface area contributed by atoms with Crippen LogP contribution in [0.25, 0.3) is 0 Å². The molecule has 2 N–H and O–H groups in total. The van der Waals surface area contributed by atoms with E-state index >= 15 is 0 Å². The van der Waals surface area contributed by atoms with E-state index in [1.165, 1.54) is 50.2 Å². The van der Waals surface area contributed by atoms with Gasteiger partial charge in [0, 0.05) is 49.7 Å². The molecule has 2 unspecified atom stereocenters. The van der Waals surface area contributed by atoms with Crippen LogP contribution in [0, 0.1) is 5.92 Å². The summed E-state index contributed by atoms with van der Waals surface area (Å²) in [5.41, 5.74) is 0. The fourth-order valence-electron chi connectivity index (χ4n) is 4.56. The van der Waals surface area contributed by atoms with Crippen molar-refractivity contribution in [3.05, 3.63) is 22.4 Å². The van der Waals surface area contributed by atoms with Crippen LogP contribution in [0.15, 0.2) is 22.5 Å². The lowest BCUT2D eigenvalue weighted by molar-refractivity contribution is 0.125. The Morgan fingerprint density at radius 1 is 1.25 bits per heavy atom. The van der Waals surface area contributed by atoms with Gasteiger partial charge in [0.25, 0.3) is 0 Å². The Balaban J connectivity index is 0.00000280. The van der Waals surface area contributed by atoms with Crippen LogP contribution < -0.4 is 10.6 Å². The number of rotatable bonds is 5. The maximum atomic E-state index is 4.50. The molecule has 160 valence electrons. The van der Waals surface area contributed by atoms with E-state index < -0.39 is 0 Å². The minimum atomic E-state index is 0. The van der Waals surface area contributed by atoms with Crippen molar-refractivity contribution in [1.82, 2.24) is 20.4 Å². The first-order chi connectivity index (χ1) is 13.1. The van der Waals surface area contributed by atoms with Crippen LogP contribution in [-0.2, 0) is 0 Å². The van der Waals surface area contributed by atoms with Gasteiger partial charge in [-0.05, 0) is 70.5 Å². The third kappa shape index (κ3) is 6.31. The van der Waals surface area contributed by atoms with Crippen LogP contribution in [0.1, 0.15) is 50.4 Å². The van der Waals surface area contributed by atoms with Crippen molar-refractivity contribution >= 4 is 41.3 Å². The molecular formula is C21H38IN5S. The normalized spacial score (nSPS) is 25.5. The van der Waals surface area contributed by atoms with Gasteiger partial charge in [0.05, 0.1) is 0 Å². The summed E-state index contributed by atoms with van der Waals surface area (Å²) < 4.78 is 0. The quantitative estimate of drug-likeness (QED) is 0.353. The van der Waals surface area contributed by atoms with Gasteiger partial charge in [-0.1, -0.05) is 6.07 Å². The van der Waals surface area contributed by atoms with Crippen molar-refractivity contribution in [2.75, 3.05) is 40.3 Å². The number of aliphatic imine (C=N–C) groups is 1. The molecule has 3 heterocycles. The molecule has 2 fully saturated rings. The van der Waals surface area contributed by atoms with Crippen LogP contribution in [0.2, 0.25) is 0 Å². The number of hydrogen-bond donors (Lipinski definition) is 2. The largest absolute Gasteiger partial charge is 0.356 e. The topological polar surface area (TPSA) is 42.9 Å². The molecule has 0 aliphatic carbocycles. The highest BCUT2D eigenvalue weighted by Gasteiger charge is 2.31. The second kappa shape index (κ2) is 11.7. The average Bonchev–Trinajstić information content (AvgIpc) is 3.19. The van der Waals surface area contributed by atoms with Gasteiger partial charge in [0.15, 0.2) is 5.96 Å². The first kappa shape index (κ1) is 23.9. The van der Waals surface area contributed by atoms with E-state index in [4.69, 9.17) is 0 Å². The fourth-order valence-corrected chi connectivity index (χ4v) is 5.54. The molecule has 0 aromatic carbocycles. The molecule has 0 saturated carbocycles. The third-order valence-electron chi connectivity index (χ3n) is 6.20. The molecular weight excluding hydrogens is 481 g/mol. The smallest absolute Gasteiger partial charge is 0.191 e. The summed E-state index contributed by atoms with van der Waals surface area (Å²) in [5.74, 6) is 1.60. The molecule has 0 spiro atoms. The van der Waals surface area contributed by atoms with Gasteiger partial charge >= 0.3 is 0 Å². The Kier molecular flexibility index (Phi) is 10.00. The third-order valence-corrected chi connectivity index (χ3v) is 7.14. The zero-order valence-corrected chi connectivity index (χ0v) is 21.0. The average molecular weight is 520 g/mol. The van der Waals surface area contributed by atoms with E-state index in [9.17, 15) is 0 Å². The van der Waals surface area contributed by atoms with Gasteiger partial charge in [-0.15, -0.1) is 35.3 Å². The lowest BCUT2D eigenvalue weighted by Crippen LogP contribution is -2.51. The van der Waals surface area contributed by atoms with Crippen molar-refractivity contribution in [1.29, 1.82) is 0 Å². The highest BCUT2D eigenvalue weighted by Crippen LogP contribution is 2.36. The lowest BCUT2D eigenvalue weighted by atomic mass is 9.88. The molecule has 0 radical (unpaired) electrons. The predicted octanol–water partition coefficient (Wildman–Crippen LogP) is 3.79. The number of thiophene rings is 1. The van der Waals surface area contributed by atoms with Crippen LogP contribution in [-0.4, -0.2) is 68.1 Å². The van der Waals surface area contributed by atoms with E-state index in [1.54, 1.807) is 0 Å². The monoisotopic (exact) mass is 519 g/mol. The Hall–Kier alpha value is -0.380. The van der Waals surface area contributed by atoms with Gasteiger partial charge in [0.2, 0.25) is 0 Å². The maximum Gasteiger partial charge on any atom is 0.191 e. The number of guanidine groups is 1. The van der Waals surface area contributed by atoms with Crippen molar-refractivity contribution in [3.8, 4) is 0 Å². The van der Waals surface area contributed by atoms with E-state index in [0.29, 0.717) is 24.0 Å². The molecule has 2 saturated heterocycles. The summed E-state index contributed by atoms with van der Waals surface area (Å²) in [6.45, 7) is 9.12. The van der Waals surface area contributed by atoms with Gasteiger partial charge in [-0.3, -0.25) is 9.89 Å². The zero-order chi connectivity index (χ0) is 19.2. The molecule has 1 aromatic heterocycles. The predicted molar refractivity (Wildman–Crippen MR) is 132 cm³/mol. The molecule has 7 heteroatoms. The Bertz CT molecular complexity index is 584. The van der Waals surface area contributed by atoms with E-state index in [-0.39, 0.29) is 24.0 Å². The Morgan fingerprint density at radius 2 is 2.00 bits per heavy atom. The van der Waals surface area contributed by atoms with Crippen molar-refractivity contribution in [3.63, 3.8) is 0 Å². The molecule has 0 bridgehead atoms. The molecule has 2 aliphatic rings. The van der Waals surface area contributed by atoms with Crippen LogP contribution >= 0.6 is 35.3 Å². The van der Waals surface area contributed by atoms with Crippen molar-refractivity contribution in [2.45, 2.75) is 57.7 Å². The number of piperidine rings is 2. The number of halogens is 1. The Labute approximate surface area is 192 Å². The standard InChI is InChI=1S/C21H37N5S.HI/c1-16(2)26-12-9-18(10-13-26)24-21(22-3)23-15-17-7-5-11-25(4)20(17)19-8-6-14-27-19;/h6,8,14,16-18,20H,5,7,9-13,15H2,1-4H3,(H2,22,23,24);1H. The summed E-state index contributed by atoms with van der Waals surface area (Å²) in [6.07, 6.45) is 4.96. The molecule has 2 aliphatic heterocycles. The lowest BCUT2D eigenvalue weighted by Gasteiger charge is -2.39. The first-order valence-electron chi connectivity index (χ1n) is 10.5. The summed E-state index contributed by atoms with van der Waals surface area (Å²) >= 11 is 1.89. The van der Waals surface area contributed by atoms with Gasteiger partial charge in [0.1, 0.15) is 0 Å². The highest BCUT2D eigenvalue weighted by molar-refractivity contribution is 14.0. The molecule has 2 atom stereocenters. The SMILES string of the molecule is CN=C(NCC1CCCN(C)C1c1cccs1)NC1CCN(C(C)C)CC1.I. The number of likely N-dealkylation sites (tertiary alicyclic amines) is 2. The summed E-state index contributed by atoms with van der Waals surface area (Å²) in [5, 5.41) is 9.50. The van der Waals surface area contributed by atoms with Crippen LogP contribution in [0.4, 0.5) is 0 Å². The Morgan fingerprint density at radius 3 is 2.61 bits per heavy atom. The van der Waals surface area contributed by atoms with Crippen LogP contribution in [0.5, 0.6) is 0 Å². The molecule has 1 aromatic rings. The highest BCUT2D eigenvalue weighted by atomic mass is 127. The van der Waals surface area contributed by atoms with Gasteiger partial charge < -0.3 is 15.5 Å². The number of nitrogens with one attached hydrogen (secondary N) is 2. The number of hydrogen-bond acceptors (Lipinski definition) is 4. The first-order valence-corrected chi connectivity index (χ1v) is 11.4. The van der Waals surface area contributed by atoms with E-state index in [1.807, 2.05) is 18.4 Å².